The second-order valence-corrected chi connectivity index (χ2v) is 10.2. The number of hydrogen-bond acceptors (Lipinski definition) is 5. The molecule has 2 aromatic rings. The minimum atomic E-state index is -0.164. The van der Waals surface area contributed by atoms with Gasteiger partial charge in [0.15, 0.2) is 0 Å². The van der Waals surface area contributed by atoms with Crippen LogP contribution in [0.2, 0.25) is 0 Å². The van der Waals surface area contributed by atoms with E-state index < -0.39 is 0 Å². The number of hydrogen-bond donors (Lipinski definition) is 1. The summed E-state index contributed by atoms with van der Waals surface area (Å²) in [5.74, 6) is 0.860. The van der Waals surface area contributed by atoms with Crippen LogP contribution in [0.3, 0.4) is 0 Å². The molecule has 2 aliphatic rings. The molecular weight excluding hydrogens is 436 g/mol. The van der Waals surface area contributed by atoms with E-state index >= 15 is 0 Å². The highest BCUT2D eigenvalue weighted by atomic mass is 32.2. The van der Waals surface area contributed by atoms with Gasteiger partial charge in [0.2, 0.25) is 5.91 Å². The molecule has 0 spiro atoms. The summed E-state index contributed by atoms with van der Waals surface area (Å²) in [5, 5.41) is 2.57. The Morgan fingerprint density at radius 2 is 1.97 bits per heavy atom. The summed E-state index contributed by atoms with van der Waals surface area (Å²) in [5.41, 5.74) is 7.41. The van der Waals surface area contributed by atoms with E-state index in [1.165, 1.54) is 40.6 Å². The van der Waals surface area contributed by atoms with E-state index in [0.717, 1.165) is 29.8 Å². The topological polar surface area (TPSA) is 41.6 Å². The van der Waals surface area contributed by atoms with E-state index in [1.54, 1.807) is 7.11 Å². The van der Waals surface area contributed by atoms with Crippen molar-refractivity contribution in [1.82, 2.24) is 5.32 Å². The highest BCUT2D eigenvalue weighted by Gasteiger charge is 2.29. The van der Waals surface area contributed by atoms with E-state index in [0.29, 0.717) is 16.8 Å². The first-order valence-electron chi connectivity index (χ1n) is 11.5. The van der Waals surface area contributed by atoms with E-state index in [1.807, 2.05) is 26.0 Å². The summed E-state index contributed by atoms with van der Waals surface area (Å²) in [6, 6.07) is 11.4. The van der Waals surface area contributed by atoms with Gasteiger partial charge < -0.3 is 15.0 Å². The highest BCUT2D eigenvalue weighted by molar-refractivity contribution is 8.24. The number of rotatable bonds is 5. The maximum Gasteiger partial charge on any atom is 0.239 e. The zero-order valence-corrected chi connectivity index (χ0v) is 21.6. The summed E-state index contributed by atoms with van der Waals surface area (Å²) in [4.78, 5) is 14.6. The number of ether oxygens (including phenoxy) is 1. The van der Waals surface area contributed by atoms with Crippen molar-refractivity contribution < 1.29 is 9.53 Å². The number of methoxy groups -OCH3 is 1. The molecule has 32 heavy (non-hydrogen) atoms. The molecule has 1 amide bonds. The lowest BCUT2D eigenvalue weighted by Crippen LogP contribution is -2.35. The largest absolute Gasteiger partial charge is 0.496 e. The number of thiocarbonyl (C=S) groups is 1. The molecule has 1 N–H and O–H groups in total. The fraction of sp³-hybridized carbons (Fsp3) is 0.462. The van der Waals surface area contributed by atoms with Gasteiger partial charge in [-0.2, -0.15) is 0 Å². The van der Waals surface area contributed by atoms with Gasteiger partial charge in [-0.25, -0.2) is 0 Å². The number of carbonyl (C=O) groups is 1. The molecule has 4 rings (SSSR count). The molecule has 2 aliphatic heterocycles. The molecule has 0 saturated carbocycles. The smallest absolute Gasteiger partial charge is 0.239 e. The van der Waals surface area contributed by atoms with Gasteiger partial charge in [0.25, 0.3) is 0 Å². The molecule has 1 atom stereocenters. The van der Waals surface area contributed by atoms with Crippen LogP contribution >= 0.6 is 24.0 Å². The number of benzene rings is 2. The molecule has 2 heterocycles. The Labute approximate surface area is 202 Å². The van der Waals surface area contributed by atoms with Crippen LogP contribution in [-0.4, -0.2) is 35.2 Å². The molecule has 4 nitrogen and oxygen atoms in total. The zero-order valence-electron chi connectivity index (χ0n) is 20.0. The van der Waals surface area contributed by atoms with Crippen LogP contribution in [0.25, 0.3) is 11.1 Å². The number of nitrogens with zero attached hydrogens (tertiary/aromatic N) is 1. The third-order valence-corrected chi connectivity index (χ3v) is 7.32. The first-order valence-corrected chi connectivity index (χ1v) is 12.7. The standard InChI is InChI=1S/C24H28N2O2S2.C2H6/c1-14(2)26-9-5-6-17-13-18(15(3)10-20(17)26)19-11-16(7-8-21(19)28-4)12-22-23(27)25-24(29)30-22;1-2/h7-8,10-11,13-14,22H,5-6,9,12H2,1-4H3,(H,25,27,29);1-2H3. The third kappa shape index (κ3) is 5.12. The Bertz CT molecular complexity index is 1000. The van der Waals surface area contributed by atoms with Gasteiger partial charge >= 0.3 is 0 Å². The molecule has 1 unspecified atom stereocenters. The Morgan fingerprint density at radius 1 is 1.22 bits per heavy atom. The van der Waals surface area contributed by atoms with Gasteiger partial charge in [-0.05, 0) is 86.6 Å². The maximum absolute atomic E-state index is 12.1. The number of aryl methyl sites for hydroxylation is 2. The second-order valence-electron chi connectivity index (χ2n) is 8.31. The summed E-state index contributed by atoms with van der Waals surface area (Å²) in [6.07, 6.45) is 2.93. The molecular formula is C26H34N2O2S2. The lowest BCUT2D eigenvalue weighted by atomic mass is 9.90. The van der Waals surface area contributed by atoms with Gasteiger partial charge in [0, 0.05) is 23.8 Å². The predicted octanol–water partition coefficient (Wildman–Crippen LogP) is 5.92. The van der Waals surface area contributed by atoms with Crippen molar-refractivity contribution in [2.75, 3.05) is 18.6 Å². The number of thioether (sulfide) groups is 1. The van der Waals surface area contributed by atoms with Crippen molar-refractivity contribution in [3.8, 4) is 16.9 Å². The summed E-state index contributed by atoms with van der Waals surface area (Å²) >= 11 is 6.58. The van der Waals surface area contributed by atoms with E-state index in [4.69, 9.17) is 17.0 Å². The first-order chi connectivity index (χ1) is 15.4. The molecule has 172 valence electrons. The molecule has 0 aromatic heterocycles. The van der Waals surface area contributed by atoms with Crippen molar-refractivity contribution in [3.63, 3.8) is 0 Å². The minimum absolute atomic E-state index is 0.00102. The van der Waals surface area contributed by atoms with Crippen molar-refractivity contribution in [2.45, 2.75) is 65.2 Å². The molecule has 0 bridgehead atoms. The summed E-state index contributed by atoms with van der Waals surface area (Å²) in [7, 11) is 1.71. The average molecular weight is 471 g/mol. The summed E-state index contributed by atoms with van der Waals surface area (Å²) in [6.45, 7) is 11.8. The fourth-order valence-corrected chi connectivity index (χ4v) is 5.74. The quantitative estimate of drug-likeness (QED) is 0.550. The van der Waals surface area contributed by atoms with Crippen LogP contribution < -0.4 is 15.0 Å². The lowest BCUT2D eigenvalue weighted by molar-refractivity contribution is -0.118. The van der Waals surface area contributed by atoms with Crippen molar-refractivity contribution >= 4 is 39.9 Å². The number of anilines is 1. The molecule has 2 aromatic carbocycles. The van der Waals surface area contributed by atoms with Crippen LogP contribution in [0.1, 0.15) is 50.8 Å². The van der Waals surface area contributed by atoms with Gasteiger partial charge in [-0.3, -0.25) is 4.79 Å². The second kappa shape index (κ2) is 10.7. The number of nitrogens with one attached hydrogen (secondary N) is 1. The maximum atomic E-state index is 12.1. The van der Waals surface area contributed by atoms with E-state index in [9.17, 15) is 4.79 Å². The number of carbonyl (C=O) groups excluding carboxylic acids is 1. The average Bonchev–Trinajstić information content (AvgIpc) is 3.10. The van der Waals surface area contributed by atoms with Gasteiger partial charge in [-0.15, -0.1) is 0 Å². The first kappa shape index (κ1) is 24.6. The number of amides is 1. The van der Waals surface area contributed by atoms with Gasteiger partial charge in [0.05, 0.1) is 12.4 Å². The predicted molar refractivity (Wildman–Crippen MR) is 141 cm³/mol. The molecule has 0 aliphatic carbocycles. The molecule has 1 saturated heterocycles. The fourth-order valence-electron chi connectivity index (χ4n) is 4.43. The number of fused-ring (bicyclic) bond motifs is 1. The minimum Gasteiger partial charge on any atom is -0.496 e. The van der Waals surface area contributed by atoms with Crippen molar-refractivity contribution in [3.05, 3.63) is 47.0 Å². The third-order valence-electron chi connectivity index (χ3n) is 5.95. The van der Waals surface area contributed by atoms with Crippen molar-refractivity contribution in [2.24, 2.45) is 0 Å². The van der Waals surface area contributed by atoms with Crippen LogP contribution in [0.15, 0.2) is 30.3 Å². The zero-order chi connectivity index (χ0) is 23.4. The van der Waals surface area contributed by atoms with E-state index in [-0.39, 0.29) is 11.2 Å². The van der Waals surface area contributed by atoms with Crippen LogP contribution in [-0.2, 0) is 17.6 Å². The van der Waals surface area contributed by atoms with E-state index in [2.05, 4.69) is 49.2 Å². The Balaban J connectivity index is 0.00000141. The lowest BCUT2D eigenvalue weighted by Gasteiger charge is -2.35. The Hall–Kier alpha value is -2.05. The van der Waals surface area contributed by atoms with Crippen LogP contribution in [0.5, 0.6) is 5.75 Å². The molecule has 1 fully saturated rings. The normalized spacial score (nSPS) is 17.6. The van der Waals surface area contributed by atoms with Gasteiger partial charge in [0.1, 0.15) is 10.1 Å². The Morgan fingerprint density at radius 3 is 2.59 bits per heavy atom. The molecule has 6 heteroatoms. The SMILES string of the molecule is CC.COc1ccc(CC2SC(=S)NC2=O)cc1-c1cc2c(cc1C)N(C(C)C)CCC2. The summed E-state index contributed by atoms with van der Waals surface area (Å²) < 4.78 is 6.27. The molecule has 0 radical (unpaired) electrons. The Kier molecular flexibility index (Phi) is 8.23. The van der Waals surface area contributed by atoms with Crippen LogP contribution in [0.4, 0.5) is 5.69 Å². The van der Waals surface area contributed by atoms with Gasteiger partial charge in [-0.1, -0.05) is 43.9 Å². The monoisotopic (exact) mass is 470 g/mol. The van der Waals surface area contributed by atoms with Crippen LogP contribution in [0, 0.1) is 6.92 Å². The van der Waals surface area contributed by atoms with Crippen molar-refractivity contribution in [1.29, 1.82) is 0 Å². The highest BCUT2D eigenvalue weighted by Crippen LogP contribution is 2.39.